The molecule has 0 amide bonds. The largest absolute Gasteiger partial charge is 0.370 e. The molecule has 0 N–H and O–H groups in total. The van der Waals surface area contributed by atoms with Crippen LogP contribution in [0.5, 0.6) is 0 Å². The van der Waals surface area contributed by atoms with Gasteiger partial charge in [0.05, 0.1) is 22.9 Å². The van der Waals surface area contributed by atoms with Crippen LogP contribution in [-0.4, -0.2) is 26.4 Å². The van der Waals surface area contributed by atoms with Crippen LogP contribution < -0.4 is 0 Å². The predicted octanol–water partition coefficient (Wildman–Crippen LogP) is 2.59. The molecule has 1 aliphatic heterocycles. The smallest absolute Gasteiger partial charge is 0.178 e. The number of hydrogen-bond donors (Lipinski definition) is 0. The summed E-state index contributed by atoms with van der Waals surface area (Å²) in [7, 11) is -3.08. The van der Waals surface area contributed by atoms with E-state index in [1.54, 1.807) is 12.1 Å². The highest BCUT2D eigenvalue weighted by Crippen LogP contribution is 2.26. The quantitative estimate of drug-likeness (QED) is 0.745. The maximum atomic E-state index is 11.8. The van der Waals surface area contributed by atoms with E-state index in [2.05, 4.69) is 6.92 Å². The van der Waals surface area contributed by atoms with Crippen LogP contribution in [0.3, 0.4) is 0 Å². The molecule has 100 valence electrons. The molecule has 2 atom stereocenters. The van der Waals surface area contributed by atoms with E-state index in [0.717, 1.165) is 12.8 Å². The molecule has 2 unspecified atom stereocenters. The molecule has 1 aromatic carbocycles. The zero-order valence-corrected chi connectivity index (χ0v) is 11.7. The van der Waals surface area contributed by atoms with Gasteiger partial charge in [-0.2, -0.15) is 0 Å². The maximum Gasteiger partial charge on any atom is 0.178 e. The number of benzene rings is 1. The van der Waals surface area contributed by atoms with E-state index in [-0.39, 0.29) is 5.75 Å². The van der Waals surface area contributed by atoms with Crippen molar-refractivity contribution in [2.75, 3.05) is 5.75 Å². The number of hydrogen-bond acceptors (Lipinski definition) is 3. The van der Waals surface area contributed by atoms with Crippen LogP contribution in [0.2, 0.25) is 0 Å². The summed E-state index contributed by atoms with van der Waals surface area (Å²) in [4.78, 5) is 0.434. The minimum Gasteiger partial charge on any atom is -0.370 e. The van der Waals surface area contributed by atoms with Gasteiger partial charge in [0.2, 0.25) is 0 Å². The fraction of sp³-hybridized carbons (Fsp3) is 0.571. The molecule has 1 aliphatic rings. The normalized spacial score (nSPS) is 23.0. The van der Waals surface area contributed by atoms with Crippen molar-refractivity contribution in [3.8, 4) is 0 Å². The van der Waals surface area contributed by atoms with Crippen molar-refractivity contribution in [3.63, 3.8) is 0 Å². The molecule has 1 aromatic rings. The minimum atomic E-state index is -3.08. The first kappa shape index (κ1) is 13.6. The molecular weight excluding hydrogens is 248 g/mol. The third-order valence-electron chi connectivity index (χ3n) is 3.31. The Morgan fingerprint density at radius 3 is 2.33 bits per heavy atom. The van der Waals surface area contributed by atoms with Crippen molar-refractivity contribution >= 4 is 9.84 Å². The van der Waals surface area contributed by atoms with Gasteiger partial charge in [-0.15, -0.1) is 0 Å². The average molecular weight is 268 g/mol. The van der Waals surface area contributed by atoms with Crippen LogP contribution in [0.25, 0.3) is 0 Å². The Hall–Kier alpha value is -0.870. The van der Waals surface area contributed by atoms with Gasteiger partial charge in [-0.05, 0) is 43.9 Å². The Balaban J connectivity index is 1.96. The van der Waals surface area contributed by atoms with Crippen LogP contribution >= 0.6 is 0 Å². The van der Waals surface area contributed by atoms with Crippen molar-refractivity contribution in [1.29, 1.82) is 0 Å². The summed E-state index contributed by atoms with van der Waals surface area (Å²) in [5.74, 6) is 0.222. The Bertz CT molecular complexity index is 490. The monoisotopic (exact) mass is 268 g/mol. The first-order chi connectivity index (χ1) is 8.53. The zero-order chi connectivity index (χ0) is 13.2. The lowest BCUT2D eigenvalue weighted by Crippen LogP contribution is -2.05. The van der Waals surface area contributed by atoms with Crippen molar-refractivity contribution < 1.29 is 13.2 Å². The molecule has 3 nitrogen and oxygen atoms in total. The fourth-order valence-corrected chi connectivity index (χ4v) is 3.42. The Morgan fingerprint density at radius 1 is 1.22 bits per heavy atom. The van der Waals surface area contributed by atoms with E-state index in [1.807, 2.05) is 19.1 Å². The highest BCUT2D eigenvalue weighted by atomic mass is 32.2. The summed E-state index contributed by atoms with van der Waals surface area (Å²) in [5, 5.41) is 0. The van der Waals surface area contributed by atoms with Crippen molar-refractivity contribution in [2.24, 2.45) is 0 Å². The Labute approximate surface area is 109 Å². The van der Waals surface area contributed by atoms with Gasteiger partial charge in [0.25, 0.3) is 0 Å². The fourth-order valence-electron chi connectivity index (χ4n) is 2.09. The molecule has 0 bridgehead atoms. The number of sulfone groups is 1. The molecule has 18 heavy (non-hydrogen) atoms. The number of rotatable bonds is 6. The first-order valence-electron chi connectivity index (χ1n) is 6.50. The number of ether oxygens (including phenoxy) is 1. The highest BCUT2D eigenvalue weighted by Gasteiger charge is 2.33. The van der Waals surface area contributed by atoms with Gasteiger partial charge in [-0.1, -0.05) is 19.1 Å². The molecule has 0 aromatic heterocycles. The van der Waals surface area contributed by atoms with E-state index < -0.39 is 9.84 Å². The van der Waals surface area contributed by atoms with E-state index in [4.69, 9.17) is 4.74 Å². The predicted molar refractivity (Wildman–Crippen MR) is 71.4 cm³/mol. The second-order valence-electron chi connectivity index (χ2n) is 4.88. The lowest BCUT2D eigenvalue weighted by Gasteiger charge is -2.04. The van der Waals surface area contributed by atoms with Crippen LogP contribution in [0, 0.1) is 0 Å². The van der Waals surface area contributed by atoms with Crippen molar-refractivity contribution in [3.05, 3.63) is 29.8 Å². The second kappa shape index (κ2) is 5.41. The van der Waals surface area contributed by atoms with Crippen molar-refractivity contribution in [2.45, 2.75) is 50.2 Å². The van der Waals surface area contributed by atoms with E-state index in [0.29, 0.717) is 23.5 Å². The summed E-state index contributed by atoms with van der Waals surface area (Å²) in [6, 6.07) is 7.26. The minimum absolute atomic E-state index is 0.222. The number of epoxide rings is 1. The molecule has 0 radical (unpaired) electrons. The Kier molecular flexibility index (Phi) is 4.07. The summed E-state index contributed by atoms with van der Waals surface area (Å²) >= 11 is 0. The van der Waals surface area contributed by atoms with Gasteiger partial charge in [0, 0.05) is 0 Å². The lowest BCUT2D eigenvalue weighted by molar-refractivity contribution is 0.370. The van der Waals surface area contributed by atoms with Crippen molar-refractivity contribution in [1.82, 2.24) is 0 Å². The van der Waals surface area contributed by atoms with E-state index >= 15 is 0 Å². The standard InChI is InChI=1S/C14H20O3S/c1-3-10-18(15,16)13-7-4-12(5-8-13)6-9-14-11(2)17-14/h4-5,7-8,11,14H,3,6,9-10H2,1-2H3. The molecule has 1 fully saturated rings. The molecule has 1 heterocycles. The number of aryl methyl sites for hydroxylation is 1. The SMILES string of the molecule is CCCS(=O)(=O)c1ccc(CCC2OC2C)cc1. The molecule has 0 aliphatic carbocycles. The van der Waals surface area contributed by atoms with E-state index in [1.165, 1.54) is 5.56 Å². The zero-order valence-electron chi connectivity index (χ0n) is 10.9. The summed E-state index contributed by atoms with van der Waals surface area (Å²) in [6.07, 6.45) is 3.41. The third kappa shape index (κ3) is 3.33. The molecule has 0 spiro atoms. The second-order valence-corrected chi connectivity index (χ2v) is 6.99. The Morgan fingerprint density at radius 2 is 1.83 bits per heavy atom. The van der Waals surface area contributed by atoms with Gasteiger partial charge >= 0.3 is 0 Å². The van der Waals surface area contributed by atoms with Gasteiger partial charge in [-0.25, -0.2) is 8.42 Å². The topological polar surface area (TPSA) is 46.7 Å². The van der Waals surface area contributed by atoms with Crippen LogP contribution in [0.15, 0.2) is 29.2 Å². The summed E-state index contributed by atoms with van der Waals surface area (Å²) < 4.78 is 29.0. The maximum absolute atomic E-state index is 11.8. The molecular formula is C14H20O3S. The van der Waals surface area contributed by atoms with Gasteiger partial charge < -0.3 is 4.74 Å². The third-order valence-corrected chi connectivity index (χ3v) is 5.25. The summed E-state index contributed by atoms with van der Waals surface area (Å²) in [5.41, 5.74) is 1.17. The highest BCUT2D eigenvalue weighted by molar-refractivity contribution is 7.91. The van der Waals surface area contributed by atoms with Gasteiger partial charge in [0.15, 0.2) is 9.84 Å². The average Bonchev–Trinajstić information content (AvgIpc) is 3.03. The van der Waals surface area contributed by atoms with Crippen LogP contribution in [0.1, 0.15) is 32.3 Å². The first-order valence-corrected chi connectivity index (χ1v) is 8.15. The molecule has 1 saturated heterocycles. The van der Waals surface area contributed by atoms with Gasteiger partial charge in [-0.3, -0.25) is 0 Å². The van der Waals surface area contributed by atoms with E-state index in [9.17, 15) is 8.42 Å². The molecule has 2 rings (SSSR count). The van der Waals surface area contributed by atoms with Crippen LogP contribution in [-0.2, 0) is 21.0 Å². The molecule has 0 saturated carbocycles. The lowest BCUT2D eigenvalue weighted by atomic mass is 10.1. The van der Waals surface area contributed by atoms with Gasteiger partial charge in [0.1, 0.15) is 0 Å². The van der Waals surface area contributed by atoms with Crippen LogP contribution in [0.4, 0.5) is 0 Å². The summed E-state index contributed by atoms with van der Waals surface area (Å²) in [6.45, 7) is 3.95. The molecule has 4 heteroatoms.